The minimum atomic E-state index is 0.445. The lowest BCUT2D eigenvalue weighted by Gasteiger charge is -2.21. The van der Waals surface area contributed by atoms with Gasteiger partial charge in [0.15, 0.2) is 12.1 Å². The number of fused-ring (bicyclic) bond motifs is 1. The molecule has 1 fully saturated rings. The van der Waals surface area contributed by atoms with Crippen LogP contribution >= 0.6 is 11.6 Å². The van der Waals surface area contributed by atoms with E-state index < -0.39 is 0 Å². The lowest BCUT2D eigenvalue weighted by Crippen LogP contribution is -2.10. The molecule has 0 unspecified atom stereocenters. The lowest BCUT2D eigenvalue weighted by molar-refractivity contribution is 0.694. The maximum atomic E-state index is 6.39. The molecule has 0 saturated heterocycles. The van der Waals surface area contributed by atoms with Crippen LogP contribution in [0.5, 0.6) is 0 Å². The number of pyridine rings is 2. The summed E-state index contributed by atoms with van der Waals surface area (Å²) in [5.74, 6) is 1.13. The Bertz CT molecular complexity index is 1150. The zero-order chi connectivity index (χ0) is 19.1. The largest absolute Gasteiger partial charge is 0.261 e. The Balaban J connectivity index is 1.94. The smallest absolute Gasteiger partial charge is 0.185 e. The van der Waals surface area contributed by atoms with Gasteiger partial charge in [0.2, 0.25) is 0 Å². The van der Waals surface area contributed by atoms with E-state index in [4.69, 9.17) is 16.6 Å². The van der Waals surface area contributed by atoms with E-state index in [2.05, 4.69) is 26.5 Å². The zero-order valence-corrected chi connectivity index (χ0v) is 16.3. The van der Waals surface area contributed by atoms with Gasteiger partial charge in [0.05, 0.1) is 5.52 Å². The van der Waals surface area contributed by atoms with Gasteiger partial charge in [0.25, 0.3) is 0 Å². The highest BCUT2D eigenvalue weighted by atomic mass is 35.5. The van der Waals surface area contributed by atoms with Gasteiger partial charge in [-0.3, -0.25) is 4.98 Å². The van der Waals surface area contributed by atoms with Crippen LogP contribution in [0, 0.1) is 6.92 Å². The number of hydrogen-bond donors (Lipinski definition) is 0. The first-order valence-corrected chi connectivity index (χ1v) is 9.88. The molecule has 0 amide bonds. The van der Waals surface area contributed by atoms with Crippen molar-refractivity contribution in [1.82, 2.24) is 30.2 Å². The van der Waals surface area contributed by atoms with Gasteiger partial charge in [-0.25, -0.2) is 4.98 Å². The van der Waals surface area contributed by atoms with Crippen LogP contribution in [0.3, 0.4) is 0 Å². The van der Waals surface area contributed by atoms with Crippen molar-refractivity contribution in [3.63, 3.8) is 0 Å². The SMILES string of the molecule is Cc1ncccc1-c1c(-n2ncnn2)nc2ccc(Cl)cc2c1C1CCCC1. The highest BCUT2D eigenvalue weighted by molar-refractivity contribution is 6.31. The molecule has 140 valence electrons. The normalized spacial score (nSPS) is 14.8. The molecule has 1 aliphatic rings. The van der Waals surface area contributed by atoms with Gasteiger partial charge in [0, 0.05) is 33.4 Å². The summed E-state index contributed by atoms with van der Waals surface area (Å²) >= 11 is 6.39. The van der Waals surface area contributed by atoms with Gasteiger partial charge in [-0.2, -0.15) is 0 Å². The fraction of sp³-hybridized carbons (Fsp3) is 0.286. The molecule has 3 heterocycles. The molecule has 0 N–H and O–H groups in total. The molecular formula is C21H19ClN6. The molecule has 3 aromatic heterocycles. The van der Waals surface area contributed by atoms with E-state index in [1.54, 1.807) is 0 Å². The summed E-state index contributed by atoms with van der Waals surface area (Å²) in [5.41, 5.74) is 5.19. The third-order valence-corrected chi connectivity index (χ3v) is 5.78. The highest BCUT2D eigenvalue weighted by Crippen LogP contribution is 2.45. The summed E-state index contributed by atoms with van der Waals surface area (Å²) in [6.45, 7) is 2.02. The number of hydrogen-bond acceptors (Lipinski definition) is 5. The molecule has 1 aliphatic carbocycles. The van der Waals surface area contributed by atoms with Crippen LogP contribution in [-0.2, 0) is 0 Å². The number of tetrazole rings is 1. The molecule has 1 saturated carbocycles. The lowest BCUT2D eigenvalue weighted by atomic mass is 9.86. The summed E-state index contributed by atoms with van der Waals surface area (Å²) in [4.78, 5) is 11.0. The van der Waals surface area contributed by atoms with E-state index in [9.17, 15) is 0 Å². The van der Waals surface area contributed by atoms with Gasteiger partial charge >= 0.3 is 0 Å². The Morgan fingerprint density at radius 3 is 2.75 bits per heavy atom. The van der Waals surface area contributed by atoms with Crippen molar-refractivity contribution in [2.45, 2.75) is 38.5 Å². The van der Waals surface area contributed by atoms with E-state index in [-0.39, 0.29) is 0 Å². The standard InChI is InChI=1S/C21H19ClN6/c1-13-16(7-4-10-23-13)20-19(14-5-2-3-6-14)17-11-15(22)8-9-18(17)26-21(20)28-25-12-24-27-28/h4,7-12,14H,2-3,5-6H2,1H3. The van der Waals surface area contributed by atoms with Gasteiger partial charge in [0.1, 0.15) is 0 Å². The molecule has 0 spiro atoms. The fourth-order valence-corrected chi connectivity index (χ4v) is 4.48. The minimum absolute atomic E-state index is 0.445. The van der Waals surface area contributed by atoms with Crippen molar-refractivity contribution in [2.75, 3.05) is 0 Å². The number of benzene rings is 1. The second-order valence-corrected chi connectivity index (χ2v) is 7.67. The van der Waals surface area contributed by atoms with Crippen LogP contribution in [0.15, 0.2) is 42.9 Å². The molecule has 5 rings (SSSR count). The first-order chi connectivity index (χ1) is 13.7. The summed E-state index contributed by atoms with van der Waals surface area (Å²) in [6.07, 6.45) is 8.02. The molecule has 0 aliphatic heterocycles. The second kappa shape index (κ2) is 6.95. The first-order valence-electron chi connectivity index (χ1n) is 9.51. The zero-order valence-electron chi connectivity index (χ0n) is 15.5. The molecule has 7 heteroatoms. The maximum absolute atomic E-state index is 6.39. The fourth-order valence-electron chi connectivity index (χ4n) is 4.31. The molecule has 4 aromatic rings. The van der Waals surface area contributed by atoms with Crippen molar-refractivity contribution >= 4 is 22.5 Å². The highest BCUT2D eigenvalue weighted by Gasteiger charge is 2.28. The van der Waals surface area contributed by atoms with Crippen LogP contribution in [0.1, 0.15) is 42.9 Å². The Kier molecular flexibility index (Phi) is 4.28. The third kappa shape index (κ3) is 2.85. The van der Waals surface area contributed by atoms with E-state index in [1.807, 2.05) is 37.4 Å². The van der Waals surface area contributed by atoms with Crippen molar-refractivity contribution in [2.24, 2.45) is 0 Å². The number of halogens is 1. The van der Waals surface area contributed by atoms with E-state index in [1.165, 1.54) is 29.5 Å². The van der Waals surface area contributed by atoms with E-state index in [0.29, 0.717) is 16.8 Å². The minimum Gasteiger partial charge on any atom is -0.261 e. The van der Waals surface area contributed by atoms with Gasteiger partial charge in [-0.05, 0) is 60.7 Å². The van der Waals surface area contributed by atoms with E-state index in [0.717, 1.165) is 40.6 Å². The summed E-state index contributed by atoms with van der Waals surface area (Å²) in [6, 6.07) is 9.93. The summed E-state index contributed by atoms with van der Waals surface area (Å²) in [7, 11) is 0. The van der Waals surface area contributed by atoms with Crippen LogP contribution in [-0.4, -0.2) is 30.2 Å². The second-order valence-electron chi connectivity index (χ2n) is 7.23. The number of rotatable bonds is 3. The summed E-state index contributed by atoms with van der Waals surface area (Å²) < 4.78 is 0. The molecule has 0 radical (unpaired) electrons. The molecular weight excluding hydrogens is 372 g/mol. The Labute approximate surface area is 167 Å². The molecule has 28 heavy (non-hydrogen) atoms. The number of aryl methyl sites for hydroxylation is 1. The quantitative estimate of drug-likeness (QED) is 0.498. The molecule has 0 atom stereocenters. The average Bonchev–Trinajstić information content (AvgIpc) is 3.41. The van der Waals surface area contributed by atoms with Crippen molar-refractivity contribution in [1.29, 1.82) is 0 Å². The maximum Gasteiger partial charge on any atom is 0.185 e. The average molecular weight is 391 g/mol. The summed E-state index contributed by atoms with van der Waals surface area (Å²) in [5, 5.41) is 14.1. The Hall–Kier alpha value is -2.86. The van der Waals surface area contributed by atoms with Crippen LogP contribution in [0.4, 0.5) is 0 Å². The number of aromatic nitrogens is 6. The van der Waals surface area contributed by atoms with Gasteiger partial charge < -0.3 is 0 Å². The predicted octanol–water partition coefficient (Wildman–Crippen LogP) is 4.89. The van der Waals surface area contributed by atoms with Gasteiger partial charge in [-0.1, -0.05) is 30.5 Å². The van der Waals surface area contributed by atoms with Gasteiger partial charge in [-0.15, -0.1) is 15.0 Å². The Morgan fingerprint density at radius 2 is 2.00 bits per heavy atom. The van der Waals surface area contributed by atoms with Crippen molar-refractivity contribution in [3.8, 4) is 16.9 Å². The monoisotopic (exact) mass is 390 g/mol. The molecule has 1 aromatic carbocycles. The van der Waals surface area contributed by atoms with E-state index >= 15 is 0 Å². The topological polar surface area (TPSA) is 69.4 Å². The van der Waals surface area contributed by atoms with Crippen molar-refractivity contribution in [3.05, 3.63) is 59.1 Å². The predicted molar refractivity (Wildman–Crippen MR) is 109 cm³/mol. The molecule has 0 bridgehead atoms. The van der Waals surface area contributed by atoms with Crippen LogP contribution in [0.2, 0.25) is 5.02 Å². The number of nitrogens with zero attached hydrogens (tertiary/aromatic N) is 6. The Morgan fingerprint density at radius 1 is 1.14 bits per heavy atom. The molecule has 6 nitrogen and oxygen atoms in total. The van der Waals surface area contributed by atoms with Crippen LogP contribution in [0.25, 0.3) is 27.8 Å². The third-order valence-electron chi connectivity index (χ3n) is 5.55. The van der Waals surface area contributed by atoms with Crippen molar-refractivity contribution < 1.29 is 0 Å². The first kappa shape index (κ1) is 17.3. The van der Waals surface area contributed by atoms with Crippen LogP contribution < -0.4 is 0 Å².